The first-order valence-electron chi connectivity index (χ1n) is 33.0. The van der Waals surface area contributed by atoms with E-state index in [1.807, 2.05) is 48.5 Å². The molecule has 2 aromatic heterocycles. The third-order valence-corrected chi connectivity index (χ3v) is 17.7. The van der Waals surface area contributed by atoms with Gasteiger partial charge in [0.1, 0.15) is 22.3 Å². The van der Waals surface area contributed by atoms with Gasteiger partial charge in [-0.1, -0.05) is 326 Å². The van der Waals surface area contributed by atoms with E-state index in [0.29, 0.717) is 0 Å². The molecular weight excluding hydrogens is 1160 g/mol. The molecule has 2 heterocycles. The number of rotatable bonds is 4. The summed E-state index contributed by atoms with van der Waals surface area (Å²) in [4.78, 5) is 0. The molecule has 0 bridgehead atoms. The molecule has 2 heteroatoms. The summed E-state index contributed by atoms with van der Waals surface area (Å²) in [6.07, 6.45) is 0. The molecule has 0 N–H and O–H groups in total. The summed E-state index contributed by atoms with van der Waals surface area (Å²) in [6, 6.07) is 124. The van der Waals surface area contributed by atoms with Crippen LogP contribution in [0.3, 0.4) is 0 Å². The van der Waals surface area contributed by atoms with E-state index in [-0.39, 0.29) is 0 Å². The maximum atomic E-state index is 5.78. The van der Waals surface area contributed by atoms with Gasteiger partial charge in [-0.2, -0.15) is 0 Å². The van der Waals surface area contributed by atoms with Crippen LogP contribution in [0.25, 0.3) is 131 Å². The lowest BCUT2D eigenvalue weighted by Crippen LogP contribution is -1.82. The van der Waals surface area contributed by atoms with Gasteiger partial charge in [0.15, 0.2) is 0 Å². The van der Waals surface area contributed by atoms with Crippen LogP contribution in [0.2, 0.25) is 0 Å². The predicted octanol–water partition coefficient (Wildman–Crippen LogP) is 27.0. The van der Waals surface area contributed by atoms with Crippen molar-refractivity contribution in [2.45, 2.75) is 41.5 Å². The fraction of sp³-hybridized carbons (Fsp3) is 0.0638. The molecule has 0 radical (unpaired) electrons. The third kappa shape index (κ3) is 15.0. The van der Waals surface area contributed by atoms with Gasteiger partial charge < -0.3 is 8.83 Å². The Balaban J connectivity index is 0.000000104. The molecule has 18 aromatic rings. The average molecular weight is 1240 g/mol. The van der Waals surface area contributed by atoms with Crippen molar-refractivity contribution in [2.24, 2.45) is 0 Å². The molecule has 16 aromatic carbocycles. The highest BCUT2D eigenvalue weighted by Crippen LogP contribution is 2.33. The minimum atomic E-state index is 0.966. The Morgan fingerprint density at radius 3 is 1.17 bits per heavy atom. The zero-order valence-corrected chi connectivity index (χ0v) is 55.3. The van der Waals surface area contributed by atoms with E-state index in [1.165, 1.54) is 143 Å². The molecule has 464 valence electrons. The van der Waals surface area contributed by atoms with Crippen molar-refractivity contribution >= 4 is 87.0 Å². The minimum absolute atomic E-state index is 0.966. The van der Waals surface area contributed by atoms with Gasteiger partial charge in [0.05, 0.1) is 0 Å². The normalized spacial score (nSPS) is 10.8. The zero-order chi connectivity index (χ0) is 65.7. The number of hydrogen-bond donors (Lipinski definition) is 0. The Bertz CT molecular complexity index is 5660. The van der Waals surface area contributed by atoms with Crippen molar-refractivity contribution in [1.29, 1.82) is 0 Å². The predicted molar refractivity (Wildman–Crippen MR) is 413 cm³/mol. The fourth-order valence-corrected chi connectivity index (χ4v) is 12.5. The number of para-hydroxylation sites is 3. The van der Waals surface area contributed by atoms with Crippen molar-refractivity contribution in [3.8, 4) is 44.5 Å². The molecule has 2 nitrogen and oxygen atoms in total. The van der Waals surface area contributed by atoms with Crippen LogP contribution in [0.15, 0.2) is 361 Å². The van der Waals surface area contributed by atoms with Crippen molar-refractivity contribution < 1.29 is 8.83 Å². The topological polar surface area (TPSA) is 26.3 Å². The summed E-state index contributed by atoms with van der Waals surface area (Å²) in [5.41, 5.74) is 21.9. The second-order valence-corrected chi connectivity index (χ2v) is 24.8. The lowest BCUT2D eigenvalue weighted by Gasteiger charge is -2.07. The van der Waals surface area contributed by atoms with Gasteiger partial charge in [0, 0.05) is 21.5 Å². The lowest BCUT2D eigenvalue weighted by molar-refractivity contribution is 0.666. The van der Waals surface area contributed by atoms with E-state index >= 15 is 0 Å². The Kier molecular flexibility index (Phi) is 19.3. The summed E-state index contributed by atoms with van der Waals surface area (Å²) < 4.78 is 11.5. The molecule has 0 fully saturated rings. The highest BCUT2D eigenvalue weighted by molar-refractivity contribution is 6.06. The van der Waals surface area contributed by atoms with Crippen LogP contribution in [-0.2, 0) is 0 Å². The summed E-state index contributed by atoms with van der Waals surface area (Å²) in [5, 5.41) is 15.2. The smallest absolute Gasteiger partial charge is 0.138 e. The standard InChI is InChI=1S/4C17H14.2C13H10O/c1-13-6-2-5-9-17(13)16-11-10-14-7-3-4-8-15(14)12-16;1-13-5-4-8-15(11-13)17-10-9-14-6-2-3-7-16(14)12-17;1-13-6-8-15(9-7-13)17-11-10-14-4-2-3-5-16(14)12-17;1-13-7-8-17-12-16(10-9-15(17)11-13)14-5-3-2-4-6-14;1-9-5-4-7-11-10-6-2-3-8-12(10)14-13(9)11;1-9-6-7-13-11(8-9)10-4-2-3-5-12(10)14-13/h4*2-12H,1H3;2*2-8H,1H3. The van der Waals surface area contributed by atoms with Crippen LogP contribution >= 0.6 is 0 Å². The monoisotopic (exact) mass is 1240 g/mol. The quantitative estimate of drug-likeness (QED) is 0.176. The summed E-state index contributed by atoms with van der Waals surface area (Å²) in [5.74, 6) is 0. The van der Waals surface area contributed by atoms with E-state index < -0.39 is 0 Å². The van der Waals surface area contributed by atoms with Crippen LogP contribution in [-0.4, -0.2) is 0 Å². The second kappa shape index (κ2) is 29.4. The Morgan fingerprint density at radius 1 is 0.177 bits per heavy atom. The Hall–Kier alpha value is -11.8. The van der Waals surface area contributed by atoms with Gasteiger partial charge in [0.25, 0.3) is 0 Å². The molecule has 0 atom stereocenters. The number of furan rings is 2. The largest absolute Gasteiger partial charge is 0.456 e. The third-order valence-electron chi connectivity index (χ3n) is 17.7. The van der Waals surface area contributed by atoms with Gasteiger partial charge in [-0.3, -0.25) is 0 Å². The molecule has 0 spiro atoms. The average Bonchev–Trinajstić information content (AvgIpc) is 1.62. The number of aryl methyl sites for hydroxylation is 6. The van der Waals surface area contributed by atoms with Crippen LogP contribution in [0.4, 0.5) is 0 Å². The summed E-state index contributed by atoms with van der Waals surface area (Å²) in [7, 11) is 0. The molecule has 0 aliphatic heterocycles. The fourth-order valence-electron chi connectivity index (χ4n) is 12.5. The second-order valence-electron chi connectivity index (χ2n) is 24.8. The maximum Gasteiger partial charge on any atom is 0.138 e. The molecule has 0 saturated carbocycles. The Labute approximate surface area is 563 Å². The van der Waals surface area contributed by atoms with Gasteiger partial charge >= 0.3 is 0 Å². The first-order chi connectivity index (χ1) is 47.0. The number of benzene rings is 16. The molecule has 0 aliphatic carbocycles. The van der Waals surface area contributed by atoms with E-state index in [1.54, 1.807) is 0 Å². The molecule has 18 rings (SSSR count). The first-order valence-corrected chi connectivity index (χ1v) is 33.0. The molecule has 96 heavy (non-hydrogen) atoms. The molecular formula is C94H76O2. The van der Waals surface area contributed by atoms with E-state index in [0.717, 1.165) is 22.3 Å². The van der Waals surface area contributed by atoms with Gasteiger partial charge in [-0.05, 0) is 189 Å². The van der Waals surface area contributed by atoms with Gasteiger partial charge in [0.2, 0.25) is 0 Å². The maximum absolute atomic E-state index is 5.78. The van der Waals surface area contributed by atoms with Crippen LogP contribution in [0.5, 0.6) is 0 Å². The lowest BCUT2D eigenvalue weighted by atomic mass is 9.98. The Morgan fingerprint density at radius 2 is 0.542 bits per heavy atom. The number of fused-ring (bicyclic) bond motifs is 10. The van der Waals surface area contributed by atoms with E-state index in [2.05, 4.69) is 345 Å². The first kappa shape index (κ1) is 62.9. The van der Waals surface area contributed by atoms with Gasteiger partial charge in [-0.25, -0.2) is 0 Å². The highest BCUT2D eigenvalue weighted by atomic mass is 16.3. The molecule has 0 saturated heterocycles. The van der Waals surface area contributed by atoms with Crippen LogP contribution < -0.4 is 0 Å². The number of hydrogen-bond acceptors (Lipinski definition) is 2. The molecule has 0 amide bonds. The van der Waals surface area contributed by atoms with Crippen molar-refractivity contribution in [3.05, 3.63) is 385 Å². The van der Waals surface area contributed by atoms with Crippen LogP contribution in [0, 0.1) is 41.5 Å². The zero-order valence-electron chi connectivity index (χ0n) is 55.3. The van der Waals surface area contributed by atoms with Crippen LogP contribution in [0.1, 0.15) is 33.4 Å². The van der Waals surface area contributed by atoms with Crippen molar-refractivity contribution in [3.63, 3.8) is 0 Å². The van der Waals surface area contributed by atoms with Gasteiger partial charge in [-0.15, -0.1) is 0 Å². The summed E-state index contributed by atoms with van der Waals surface area (Å²) >= 11 is 0. The molecule has 0 unspecified atom stereocenters. The highest BCUT2D eigenvalue weighted by Gasteiger charge is 2.09. The SMILES string of the molecule is Cc1ccc(-c2ccc3ccccc3c2)cc1.Cc1ccc2cc(-c3ccccc3)ccc2c1.Cc1ccc2oc3ccccc3c2c1.Cc1cccc(-c2ccc3ccccc3c2)c1.Cc1cccc2c1oc1ccccc12.Cc1ccccc1-c1ccc2ccccc2c1. The molecule has 0 aliphatic rings. The van der Waals surface area contributed by atoms with Crippen molar-refractivity contribution in [2.75, 3.05) is 0 Å². The van der Waals surface area contributed by atoms with E-state index in [9.17, 15) is 0 Å². The minimum Gasteiger partial charge on any atom is -0.456 e. The van der Waals surface area contributed by atoms with Crippen molar-refractivity contribution in [1.82, 2.24) is 0 Å². The van der Waals surface area contributed by atoms with E-state index in [4.69, 9.17) is 8.83 Å². The summed E-state index contributed by atoms with van der Waals surface area (Å²) in [6.45, 7) is 12.7.